The summed E-state index contributed by atoms with van der Waals surface area (Å²) < 4.78 is 0. The first kappa shape index (κ1) is 12.8. The molecule has 1 heterocycles. The molecule has 0 aliphatic heterocycles. The van der Waals surface area contributed by atoms with Gasteiger partial charge in [-0.05, 0) is 43.5 Å². The van der Waals surface area contributed by atoms with E-state index in [1.807, 2.05) is 6.20 Å². The van der Waals surface area contributed by atoms with Crippen LogP contribution in [0.15, 0.2) is 30.6 Å². The van der Waals surface area contributed by atoms with E-state index in [-0.39, 0.29) is 6.04 Å². The van der Waals surface area contributed by atoms with Crippen LogP contribution in [0.5, 0.6) is 0 Å². The monoisotopic (exact) mass is 243 g/mol. The summed E-state index contributed by atoms with van der Waals surface area (Å²) in [6, 6.07) is 6.92. The maximum Gasteiger partial charge on any atom is 0.123 e. The highest BCUT2D eigenvalue weighted by Crippen LogP contribution is 2.17. The van der Waals surface area contributed by atoms with Gasteiger partial charge in [0.05, 0.1) is 6.04 Å². The second-order valence-electron chi connectivity index (χ2n) is 4.71. The van der Waals surface area contributed by atoms with Crippen molar-refractivity contribution < 1.29 is 0 Å². The molecule has 2 rings (SSSR count). The number of aromatic nitrogens is 2. The minimum atomic E-state index is 0.257. The Hall–Kier alpha value is -1.61. The minimum Gasteiger partial charge on any atom is -0.347 e. The van der Waals surface area contributed by atoms with Crippen molar-refractivity contribution in [2.45, 2.75) is 33.2 Å². The number of hydrogen-bond acceptors (Lipinski definition) is 2. The quantitative estimate of drug-likeness (QED) is 0.847. The van der Waals surface area contributed by atoms with Crippen molar-refractivity contribution in [3.8, 4) is 0 Å². The molecular weight excluding hydrogens is 222 g/mol. The molecule has 2 N–H and O–H groups in total. The van der Waals surface area contributed by atoms with Crippen LogP contribution in [0.2, 0.25) is 0 Å². The number of nitrogens with one attached hydrogen (secondary N) is 2. The Bertz CT molecular complexity index is 488. The first-order valence-electron chi connectivity index (χ1n) is 6.49. The predicted molar refractivity (Wildman–Crippen MR) is 74.6 cm³/mol. The number of hydrogen-bond donors (Lipinski definition) is 2. The van der Waals surface area contributed by atoms with Gasteiger partial charge in [-0.2, -0.15) is 0 Å². The first-order valence-corrected chi connectivity index (χ1v) is 6.49. The van der Waals surface area contributed by atoms with Crippen LogP contribution in [0, 0.1) is 13.8 Å². The standard InChI is InChI=1S/C15H21N3/c1-4-16-14(15-17-7-8-18-15)10-13-6-5-11(2)12(3)9-13/h5-9,14,16H,4,10H2,1-3H3,(H,17,18). The zero-order chi connectivity index (χ0) is 13.0. The molecule has 1 aromatic heterocycles. The molecule has 0 radical (unpaired) electrons. The summed E-state index contributed by atoms with van der Waals surface area (Å²) in [5.74, 6) is 1.01. The van der Waals surface area contributed by atoms with Gasteiger partial charge in [-0.1, -0.05) is 25.1 Å². The Morgan fingerprint density at radius 3 is 2.72 bits per heavy atom. The van der Waals surface area contributed by atoms with Crippen molar-refractivity contribution in [2.75, 3.05) is 6.54 Å². The predicted octanol–water partition coefficient (Wildman–Crippen LogP) is 2.92. The van der Waals surface area contributed by atoms with E-state index in [1.165, 1.54) is 16.7 Å². The van der Waals surface area contributed by atoms with Gasteiger partial charge in [0, 0.05) is 12.4 Å². The molecule has 3 nitrogen and oxygen atoms in total. The SMILES string of the molecule is CCNC(Cc1ccc(C)c(C)c1)c1ncc[nH]1. The molecular formula is C15H21N3. The lowest BCUT2D eigenvalue weighted by molar-refractivity contribution is 0.526. The summed E-state index contributed by atoms with van der Waals surface area (Å²) in [5, 5.41) is 3.47. The number of H-pyrrole nitrogens is 1. The molecule has 1 aromatic carbocycles. The molecule has 3 heteroatoms. The van der Waals surface area contributed by atoms with Crippen molar-refractivity contribution in [3.63, 3.8) is 0 Å². The van der Waals surface area contributed by atoms with Gasteiger partial charge in [-0.25, -0.2) is 4.98 Å². The van der Waals surface area contributed by atoms with E-state index in [4.69, 9.17) is 0 Å². The summed E-state index contributed by atoms with van der Waals surface area (Å²) in [6.07, 6.45) is 4.64. The molecule has 0 saturated heterocycles. The van der Waals surface area contributed by atoms with E-state index in [0.717, 1.165) is 18.8 Å². The molecule has 1 unspecified atom stereocenters. The van der Waals surface area contributed by atoms with Crippen LogP contribution in [-0.4, -0.2) is 16.5 Å². The van der Waals surface area contributed by atoms with Gasteiger partial charge in [-0.3, -0.25) is 0 Å². The van der Waals surface area contributed by atoms with Crippen molar-refractivity contribution in [1.82, 2.24) is 15.3 Å². The maximum absolute atomic E-state index is 4.35. The third kappa shape index (κ3) is 2.99. The Morgan fingerprint density at radius 2 is 2.11 bits per heavy atom. The van der Waals surface area contributed by atoms with E-state index in [9.17, 15) is 0 Å². The first-order chi connectivity index (χ1) is 8.70. The molecule has 2 aromatic rings. The Kier molecular flexibility index (Phi) is 4.15. The van der Waals surface area contributed by atoms with E-state index < -0.39 is 0 Å². The van der Waals surface area contributed by atoms with Gasteiger partial charge in [-0.15, -0.1) is 0 Å². The molecule has 0 spiro atoms. The average molecular weight is 243 g/mol. The Balaban J connectivity index is 2.16. The van der Waals surface area contributed by atoms with Crippen LogP contribution in [0.3, 0.4) is 0 Å². The molecule has 0 aliphatic rings. The lowest BCUT2D eigenvalue weighted by atomic mass is 10.0. The Labute approximate surface area is 109 Å². The van der Waals surface area contributed by atoms with Crippen molar-refractivity contribution in [2.24, 2.45) is 0 Å². The zero-order valence-corrected chi connectivity index (χ0v) is 11.3. The fourth-order valence-corrected chi connectivity index (χ4v) is 2.15. The summed E-state index contributed by atoms with van der Waals surface area (Å²) in [4.78, 5) is 7.55. The lowest BCUT2D eigenvalue weighted by Gasteiger charge is -2.16. The maximum atomic E-state index is 4.35. The van der Waals surface area contributed by atoms with Crippen molar-refractivity contribution in [3.05, 3.63) is 53.1 Å². The lowest BCUT2D eigenvalue weighted by Crippen LogP contribution is -2.24. The van der Waals surface area contributed by atoms with Crippen LogP contribution in [0.25, 0.3) is 0 Å². The van der Waals surface area contributed by atoms with Crippen LogP contribution in [0.1, 0.15) is 35.5 Å². The Morgan fingerprint density at radius 1 is 1.28 bits per heavy atom. The summed E-state index contributed by atoms with van der Waals surface area (Å²) in [6.45, 7) is 7.37. The topological polar surface area (TPSA) is 40.7 Å². The van der Waals surface area contributed by atoms with E-state index in [2.05, 4.69) is 54.3 Å². The third-order valence-electron chi connectivity index (χ3n) is 3.31. The highest BCUT2D eigenvalue weighted by molar-refractivity contribution is 5.30. The summed E-state index contributed by atoms with van der Waals surface area (Å²) in [7, 11) is 0. The summed E-state index contributed by atoms with van der Waals surface area (Å²) >= 11 is 0. The van der Waals surface area contributed by atoms with Gasteiger partial charge in [0.25, 0.3) is 0 Å². The fraction of sp³-hybridized carbons (Fsp3) is 0.400. The molecule has 1 atom stereocenters. The number of nitrogens with zero attached hydrogens (tertiary/aromatic N) is 1. The number of benzene rings is 1. The molecule has 0 saturated carbocycles. The molecule has 96 valence electrons. The fourth-order valence-electron chi connectivity index (χ4n) is 2.15. The van der Waals surface area contributed by atoms with Gasteiger partial charge < -0.3 is 10.3 Å². The molecule has 18 heavy (non-hydrogen) atoms. The number of likely N-dealkylation sites (N-methyl/N-ethyl adjacent to an activating group) is 1. The highest BCUT2D eigenvalue weighted by Gasteiger charge is 2.13. The van der Waals surface area contributed by atoms with Crippen LogP contribution in [-0.2, 0) is 6.42 Å². The molecule has 0 bridgehead atoms. The normalized spacial score (nSPS) is 12.6. The second kappa shape index (κ2) is 5.83. The van der Waals surface area contributed by atoms with Crippen molar-refractivity contribution >= 4 is 0 Å². The van der Waals surface area contributed by atoms with Crippen LogP contribution >= 0.6 is 0 Å². The van der Waals surface area contributed by atoms with Crippen LogP contribution < -0.4 is 5.32 Å². The van der Waals surface area contributed by atoms with Crippen molar-refractivity contribution in [1.29, 1.82) is 0 Å². The summed E-state index contributed by atoms with van der Waals surface area (Å²) in [5.41, 5.74) is 4.04. The third-order valence-corrected chi connectivity index (χ3v) is 3.31. The largest absolute Gasteiger partial charge is 0.347 e. The molecule has 0 amide bonds. The number of aryl methyl sites for hydroxylation is 2. The van der Waals surface area contributed by atoms with Gasteiger partial charge in [0.2, 0.25) is 0 Å². The van der Waals surface area contributed by atoms with Gasteiger partial charge >= 0.3 is 0 Å². The zero-order valence-electron chi connectivity index (χ0n) is 11.3. The van der Waals surface area contributed by atoms with Gasteiger partial charge in [0.1, 0.15) is 5.82 Å². The second-order valence-corrected chi connectivity index (χ2v) is 4.71. The number of aromatic amines is 1. The minimum absolute atomic E-state index is 0.257. The van der Waals surface area contributed by atoms with E-state index in [1.54, 1.807) is 6.20 Å². The highest BCUT2D eigenvalue weighted by atomic mass is 15.0. The smallest absolute Gasteiger partial charge is 0.123 e. The van der Waals surface area contributed by atoms with E-state index >= 15 is 0 Å². The number of imidazole rings is 1. The molecule has 0 fully saturated rings. The average Bonchev–Trinajstić information content (AvgIpc) is 2.87. The van der Waals surface area contributed by atoms with Gasteiger partial charge in [0.15, 0.2) is 0 Å². The van der Waals surface area contributed by atoms with E-state index in [0.29, 0.717) is 0 Å². The molecule has 0 aliphatic carbocycles. The number of rotatable bonds is 5. The van der Waals surface area contributed by atoms with Crippen LogP contribution in [0.4, 0.5) is 0 Å².